The second-order valence-electron chi connectivity index (χ2n) is 8.16. The van der Waals surface area contributed by atoms with Crippen LogP contribution in [-0.4, -0.2) is 33.2 Å². The number of carbonyl (C=O) groups excluding carboxylic acids is 2. The van der Waals surface area contributed by atoms with E-state index in [-0.39, 0.29) is 23.4 Å². The number of likely N-dealkylation sites (tertiary alicyclic amines) is 1. The molecule has 0 bridgehead atoms. The number of para-hydroxylation sites is 1. The van der Waals surface area contributed by atoms with E-state index in [1.54, 1.807) is 0 Å². The molecule has 1 fully saturated rings. The Morgan fingerprint density at radius 2 is 1.79 bits per heavy atom. The van der Waals surface area contributed by atoms with Gasteiger partial charge in [0.2, 0.25) is 0 Å². The van der Waals surface area contributed by atoms with Crippen molar-refractivity contribution in [1.82, 2.24) is 9.88 Å². The van der Waals surface area contributed by atoms with Gasteiger partial charge in [0.1, 0.15) is 11.6 Å². The van der Waals surface area contributed by atoms with Gasteiger partial charge >= 0.3 is 0 Å². The summed E-state index contributed by atoms with van der Waals surface area (Å²) in [5, 5.41) is 12.1. The number of Topliss-reactive ketones (excluding diaryl/α,β-unsaturated/α-hetero) is 1. The number of benzene rings is 3. The quantitative estimate of drug-likeness (QED) is 0.201. The average molecular weight is 519 g/mol. The molecular weight excluding hydrogens is 499 g/mol. The Morgan fingerprint density at radius 1 is 1.03 bits per heavy atom. The monoisotopic (exact) mass is 518 g/mol. The van der Waals surface area contributed by atoms with Crippen molar-refractivity contribution < 1.29 is 19.1 Å². The van der Waals surface area contributed by atoms with Crippen molar-refractivity contribution in [3.8, 4) is 0 Å². The number of fused-ring (bicyclic) bond motifs is 1. The van der Waals surface area contributed by atoms with Crippen LogP contribution in [0.3, 0.4) is 0 Å². The lowest BCUT2D eigenvalue weighted by atomic mass is 9.95. The summed E-state index contributed by atoms with van der Waals surface area (Å²) in [6.45, 7) is 0.282. The minimum Gasteiger partial charge on any atom is -0.507 e. The van der Waals surface area contributed by atoms with E-state index in [9.17, 15) is 19.1 Å². The molecule has 4 aromatic rings. The van der Waals surface area contributed by atoms with Gasteiger partial charge in [0.15, 0.2) is 0 Å². The molecule has 1 aliphatic heterocycles. The number of nitrogens with one attached hydrogen (secondary N) is 1. The van der Waals surface area contributed by atoms with E-state index in [1.807, 2.05) is 54.7 Å². The van der Waals surface area contributed by atoms with Crippen LogP contribution >= 0.6 is 15.9 Å². The van der Waals surface area contributed by atoms with Crippen LogP contribution in [0.15, 0.2) is 89.0 Å². The molecule has 1 aromatic heterocycles. The maximum Gasteiger partial charge on any atom is 0.295 e. The van der Waals surface area contributed by atoms with Crippen molar-refractivity contribution in [3.63, 3.8) is 0 Å². The molecule has 2 heterocycles. The summed E-state index contributed by atoms with van der Waals surface area (Å²) < 4.78 is 14.2. The lowest BCUT2D eigenvalue weighted by Crippen LogP contribution is -2.31. The predicted octanol–water partition coefficient (Wildman–Crippen LogP) is 5.73. The summed E-state index contributed by atoms with van der Waals surface area (Å²) in [6, 6.07) is 19.6. The second-order valence-corrected chi connectivity index (χ2v) is 9.08. The minimum absolute atomic E-state index is 0.00589. The highest BCUT2D eigenvalue weighted by Crippen LogP contribution is 2.40. The average Bonchev–Trinajstić information content (AvgIpc) is 3.36. The molecule has 0 spiro atoms. The number of carbonyl (C=O) groups is 2. The summed E-state index contributed by atoms with van der Waals surface area (Å²) in [6.07, 6.45) is 2.44. The van der Waals surface area contributed by atoms with Crippen LogP contribution in [0.4, 0.5) is 4.39 Å². The number of aliphatic hydroxyl groups is 1. The van der Waals surface area contributed by atoms with E-state index in [0.29, 0.717) is 12.0 Å². The number of aromatic nitrogens is 1. The smallest absolute Gasteiger partial charge is 0.295 e. The zero-order valence-electron chi connectivity index (χ0n) is 18.0. The van der Waals surface area contributed by atoms with Gasteiger partial charge in [-0.1, -0.05) is 46.3 Å². The van der Waals surface area contributed by atoms with Gasteiger partial charge in [-0.2, -0.15) is 0 Å². The highest BCUT2D eigenvalue weighted by molar-refractivity contribution is 9.10. The third-order valence-electron chi connectivity index (χ3n) is 6.12. The van der Waals surface area contributed by atoms with E-state index < -0.39 is 23.5 Å². The molecule has 170 valence electrons. The number of aromatic amines is 1. The van der Waals surface area contributed by atoms with Crippen LogP contribution in [0.25, 0.3) is 16.7 Å². The highest BCUT2D eigenvalue weighted by Gasteiger charge is 2.45. The first kappa shape index (κ1) is 22.1. The number of hydrogen-bond acceptors (Lipinski definition) is 3. The SMILES string of the molecule is O=C1C(=O)N(CCc2c[nH]c3ccccc23)C(c2cccc(Br)c2)/C1=C(/O)c1ccc(F)cc1. The van der Waals surface area contributed by atoms with Crippen molar-refractivity contribution in [3.05, 3.63) is 112 Å². The zero-order chi connectivity index (χ0) is 23.8. The number of H-pyrrole nitrogens is 1. The Hall–Kier alpha value is -3.71. The third-order valence-corrected chi connectivity index (χ3v) is 6.61. The topological polar surface area (TPSA) is 73.4 Å². The van der Waals surface area contributed by atoms with Crippen LogP contribution < -0.4 is 0 Å². The number of aliphatic hydroxyl groups excluding tert-OH is 1. The van der Waals surface area contributed by atoms with Gasteiger partial charge in [0, 0.05) is 33.7 Å². The Balaban J connectivity index is 1.57. The Labute approximate surface area is 203 Å². The summed E-state index contributed by atoms with van der Waals surface area (Å²) in [4.78, 5) is 31.0. The molecule has 1 atom stereocenters. The Bertz CT molecular complexity index is 1440. The lowest BCUT2D eigenvalue weighted by Gasteiger charge is -2.25. The summed E-state index contributed by atoms with van der Waals surface area (Å²) >= 11 is 3.45. The second kappa shape index (κ2) is 8.91. The lowest BCUT2D eigenvalue weighted by molar-refractivity contribution is -0.139. The number of nitrogens with zero attached hydrogens (tertiary/aromatic N) is 1. The Kier molecular flexibility index (Phi) is 5.79. The maximum absolute atomic E-state index is 13.4. The van der Waals surface area contributed by atoms with E-state index in [1.165, 1.54) is 29.2 Å². The summed E-state index contributed by atoms with van der Waals surface area (Å²) in [5.74, 6) is -2.21. The molecule has 0 radical (unpaired) electrons. The van der Waals surface area contributed by atoms with E-state index in [2.05, 4.69) is 20.9 Å². The normalized spacial score (nSPS) is 17.6. The molecule has 7 heteroatoms. The molecule has 1 unspecified atom stereocenters. The van der Waals surface area contributed by atoms with E-state index >= 15 is 0 Å². The predicted molar refractivity (Wildman–Crippen MR) is 132 cm³/mol. The van der Waals surface area contributed by atoms with Gasteiger partial charge in [0.25, 0.3) is 11.7 Å². The Morgan fingerprint density at radius 3 is 2.56 bits per heavy atom. The van der Waals surface area contributed by atoms with Gasteiger partial charge in [0.05, 0.1) is 11.6 Å². The molecule has 5 nitrogen and oxygen atoms in total. The molecule has 0 aliphatic carbocycles. The number of rotatable bonds is 5. The largest absolute Gasteiger partial charge is 0.507 e. The molecule has 5 rings (SSSR count). The molecule has 3 aromatic carbocycles. The fraction of sp³-hybridized carbons (Fsp3) is 0.111. The van der Waals surface area contributed by atoms with Gasteiger partial charge in [-0.15, -0.1) is 0 Å². The summed E-state index contributed by atoms with van der Waals surface area (Å²) in [5.41, 5.74) is 2.99. The third kappa shape index (κ3) is 3.92. The van der Waals surface area contributed by atoms with Crippen molar-refractivity contribution in [2.24, 2.45) is 0 Å². The van der Waals surface area contributed by atoms with Crippen LogP contribution in [0.2, 0.25) is 0 Å². The molecule has 1 saturated heterocycles. The number of ketones is 1. The molecule has 0 saturated carbocycles. The maximum atomic E-state index is 13.4. The molecule has 1 aliphatic rings. The van der Waals surface area contributed by atoms with Crippen molar-refractivity contribution in [2.75, 3.05) is 6.54 Å². The van der Waals surface area contributed by atoms with Crippen LogP contribution in [0.1, 0.15) is 22.7 Å². The van der Waals surface area contributed by atoms with Crippen LogP contribution in [0, 0.1) is 5.82 Å². The first-order chi connectivity index (χ1) is 16.4. The zero-order valence-corrected chi connectivity index (χ0v) is 19.5. The molecule has 2 N–H and O–H groups in total. The van der Waals surface area contributed by atoms with E-state index in [4.69, 9.17) is 0 Å². The number of halogens is 2. The molecular formula is C27H20BrFN2O3. The van der Waals surface area contributed by atoms with Gasteiger partial charge in [-0.3, -0.25) is 9.59 Å². The molecule has 1 amide bonds. The van der Waals surface area contributed by atoms with E-state index in [0.717, 1.165) is 20.9 Å². The molecule has 34 heavy (non-hydrogen) atoms. The first-order valence-corrected chi connectivity index (χ1v) is 11.6. The van der Waals surface area contributed by atoms with Crippen LogP contribution in [-0.2, 0) is 16.0 Å². The fourth-order valence-electron chi connectivity index (χ4n) is 4.48. The fourth-order valence-corrected chi connectivity index (χ4v) is 4.89. The standard InChI is InChI=1S/C27H20BrFN2O3/c28-19-5-3-4-17(14-19)24-23(25(32)16-8-10-20(29)11-9-16)26(33)27(34)31(24)13-12-18-15-30-22-7-2-1-6-21(18)22/h1-11,14-15,24,30,32H,12-13H2/b25-23-. The first-order valence-electron chi connectivity index (χ1n) is 10.8. The van der Waals surface area contributed by atoms with Gasteiger partial charge in [-0.25, -0.2) is 4.39 Å². The van der Waals surface area contributed by atoms with Crippen LogP contribution in [0.5, 0.6) is 0 Å². The minimum atomic E-state index is -0.771. The van der Waals surface area contributed by atoms with Crippen molar-refractivity contribution >= 4 is 44.3 Å². The van der Waals surface area contributed by atoms with Gasteiger partial charge < -0.3 is 15.0 Å². The number of amides is 1. The highest BCUT2D eigenvalue weighted by atomic mass is 79.9. The summed E-state index contributed by atoms with van der Waals surface area (Å²) in [7, 11) is 0. The van der Waals surface area contributed by atoms with Crippen molar-refractivity contribution in [1.29, 1.82) is 0 Å². The van der Waals surface area contributed by atoms with Crippen molar-refractivity contribution in [2.45, 2.75) is 12.5 Å². The van der Waals surface area contributed by atoms with Gasteiger partial charge in [-0.05, 0) is 60.0 Å². The number of hydrogen-bond donors (Lipinski definition) is 2.